The SMILES string of the molecule is C[n+]1cc(Cl)c(C[C@H](O)c2ccc(OC(F)F)c(OCC3CC3)c2)c(Cl)c1.C[n+]1cc(Cl)c(C[C@H](O)c2ccc(OC(F)F)c(OCC3CC3)c2)c(Cl)c1. The summed E-state index contributed by atoms with van der Waals surface area (Å²) >= 11 is 24.9. The summed E-state index contributed by atoms with van der Waals surface area (Å²) in [4.78, 5) is 0. The number of hydrogen-bond acceptors (Lipinski definition) is 6. The molecule has 0 bridgehead atoms. The number of pyridine rings is 2. The molecule has 2 fully saturated rings. The molecule has 0 spiro atoms. The number of aromatic nitrogens is 2. The number of hydrogen-bond donors (Lipinski definition) is 2. The van der Waals surface area contributed by atoms with Crippen molar-refractivity contribution in [1.82, 2.24) is 0 Å². The van der Waals surface area contributed by atoms with Gasteiger partial charge in [-0.3, -0.25) is 0 Å². The zero-order chi connectivity index (χ0) is 39.1. The van der Waals surface area contributed by atoms with E-state index in [0.29, 0.717) is 67.4 Å². The molecule has 2 aliphatic carbocycles. The molecule has 16 heteroatoms. The topological polar surface area (TPSA) is 85.1 Å². The predicted octanol–water partition coefficient (Wildman–Crippen LogP) is 8.97. The van der Waals surface area contributed by atoms with Crippen LogP contribution in [0.5, 0.6) is 23.0 Å². The van der Waals surface area contributed by atoms with Crippen LogP contribution in [0.1, 0.15) is 60.1 Å². The average Bonchev–Trinajstić information content (AvgIpc) is 4.03. The molecule has 2 N–H and O–H groups in total. The maximum absolute atomic E-state index is 12.6. The summed E-state index contributed by atoms with van der Waals surface area (Å²) in [5.74, 6) is 1.17. The fourth-order valence-corrected chi connectivity index (χ4v) is 6.83. The minimum atomic E-state index is -2.95. The van der Waals surface area contributed by atoms with E-state index in [0.717, 1.165) is 25.7 Å². The van der Waals surface area contributed by atoms with Gasteiger partial charge in [0.25, 0.3) is 0 Å². The zero-order valence-corrected chi connectivity index (χ0v) is 32.4. The lowest BCUT2D eigenvalue weighted by Gasteiger charge is -2.17. The third-order valence-corrected chi connectivity index (χ3v) is 10.00. The molecule has 2 saturated carbocycles. The number of aliphatic hydroxyl groups excluding tert-OH is 2. The molecule has 2 aromatic carbocycles. The van der Waals surface area contributed by atoms with Crippen molar-refractivity contribution < 1.29 is 55.9 Å². The van der Waals surface area contributed by atoms with E-state index < -0.39 is 25.4 Å². The summed E-state index contributed by atoms with van der Waals surface area (Å²) < 4.78 is 74.2. The van der Waals surface area contributed by atoms with Crippen LogP contribution in [0.15, 0.2) is 61.2 Å². The second-order valence-corrected chi connectivity index (χ2v) is 14.9. The van der Waals surface area contributed by atoms with Crippen LogP contribution in [0.2, 0.25) is 20.1 Å². The second kappa shape index (κ2) is 19.1. The fourth-order valence-electron chi connectivity index (χ4n) is 5.40. The molecule has 292 valence electrons. The Morgan fingerprint density at radius 3 is 1.22 bits per heavy atom. The molecule has 2 atom stereocenters. The van der Waals surface area contributed by atoms with Crippen molar-refractivity contribution in [1.29, 1.82) is 0 Å². The molecule has 8 nitrogen and oxygen atoms in total. The van der Waals surface area contributed by atoms with Crippen LogP contribution < -0.4 is 28.1 Å². The van der Waals surface area contributed by atoms with E-state index >= 15 is 0 Å². The quantitative estimate of drug-likeness (QED) is 0.0867. The Morgan fingerprint density at radius 2 is 0.926 bits per heavy atom. The Balaban J connectivity index is 0.000000208. The van der Waals surface area contributed by atoms with E-state index in [-0.39, 0.29) is 35.8 Å². The molecule has 0 amide bonds. The summed E-state index contributed by atoms with van der Waals surface area (Å²) in [5, 5.41) is 23.0. The number of nitrogens with zero attached hydrogens (tertiary/aromatic N) is 2. The highest BCUT2D eigenvalue weighted by atomic mass is 35.5. The number of benzene rings is 2. The van der Waals surface area contributed by atoms with Gasteiger partial charge in [0.1, 0.15) is 34.2 Å². The van der Waals surface area contributed by atoms with Crippen LogP contribution in [0, 0.1) is 11.8 Å². The highest BCUT2D eigenvalue weighted by molar-refractivity contribution is 6.36. The number of ether oxygens (including phenoxy) is 4. The van der Waals surface area contributed by atoms with Gasteiger partial charge in [-0.1, -0.05) is 58.5 Å². The first kappa shape index (κ1) is 41.9. The Hall–Kier alpha value is -3.26. The van der Waals surface area contributed by atoms with Crippen LogP contribution in [0.4, 0.5) is 17.6 Å². The Kier molecular flexibility index (Phi) is 14.8. The third-order valence-electron chi connectivity index (χ3n) is 8.70. The lowest BCUT2D eigenvalue weighted by Crippen LogP contribution is -2.27. The van der Waals surface area contributed by atoms with Crippen molar-refractivity contribution in [3.63, 3.8) is 0 Å². The van der Waals surface area contributed by atoms with E-state index in [1.165, 1.54) is 36.4 Å². The first-order valence-electron chi connectivity index (χ1n) is 17.1. The second-order valence-electron chi connectivity index (χ2n) is 13.3. The smallest absolute Gasteiger partial charge is 0.387 e. The van der Waals surface area contributed by atoms with Gasteiger partial charge in [0.2, 0.25) is 0 Å². The molecule has 54 heavy (non-hydrogen) atoms. The molecular weight excluding hydrogens is 798 g/mol. The molecule has 2 heterocycles. The largest absolute Gasteiger partial charge is 0.489 e. The van der Waals surface area contributed by atoms with Crippen LogP contribution >= 0.6 is 46.4 Å². The van der Waals surface area contributed by atoms with Crippen molar-refractivity contribution in [3.8, 4) is 23.0 Å². The molecule has 0 radical (unpaired) electrons. The van der Waals surface area contributed by atoms with E-state index in [2.05, 4.69) is 9.47 Å². The van der Waals surface area contributed by atoms with Crippen LogP contribution in [0.25, 0.3) is 0 Å². The number of aryl methyl sites for hydroxylation is 2. The normalized spacial score (nSPS) is 15.1. The van der Waals surface area contributed by atoms with Crippen LogP contribution in [0.3, 0.4) is 0 Å². The monoisotopic (exact) mass is 836 g/mol. The number of halogens is 8. The summed E-state index contributed by atoms with van der Waals surface area (Å²) in [6.45, 7) is -5.03. The highest BCUT2D eigenvalue weighted by Gasteiger charge is 2.26. The molecule has 4 aromatic rings. The minimum absolute atomic E-state index is 0.0515. The number of rotatable bonds is 16. The van der Waals surface area contributed by atoms with Crippen molar-refractivity contribution in [2.24, 2.45) is 25.9 Å². The maximum atomic E-state index is 12.6. The fraction of sp³-hybridized carbons (Fsp3) is 0.421. The lowest BCUT2D eigenvalue weighted by molar-refractivity contribution is -0.671. The van der Waals surface area contributed by atoms with E-state index in [4.69, 9.17) is 55.9 Å². The molecule has 6 rings (SSSR count). The molecule has 2 aliphatic rings. The number of aliphatic hydroxyl groups is 2. The van der Waals surface area contributed by atoms with Crippen molar-refractivity contribution in [2.45, 2.75) is 64.0 Å². The van der Waals surface area contributed by atoms with Gasteiger partial charge in [0.05, 0.1) is 25.4 Å². The zero-order valence-electron chi connectivity index (χ0n) is 29.3. The van der Waals surface area contributed by atoms with Crippen molar-refractivity contribution in [2.75, 3.05) is 13.2 Å². The third kappa shape index (κ3) is 12.4. The molecule has 2 aromatic heterocycles. The molecular formula is C38H40Cl4F4N2O6+2. The molecule has 0 unspecified atom stereocenters. The highest BCUT2D eigenvalue weighted by Crippen LogP contribution is 2.38. The Bertz CT molecular complexity index is 1720. The van der Waals surface area contributed by atoms with Gasteiger partial charge < -0.3 is 29.2 Å². The van der Waals surface area contributed by atoms with Gasteiger partial charge in [-0.15, -0.1) is 0 Å². The summed E-state index contributed by atoms with van der Waals surface area (Å²) in [5.41, 5.74) is 2.22. The number of alkyl halides is 4. The molecule has 0 saturated heterocycles. The van der Waals surface area contributed by atoms with Gasteiger partial charge in [-0.05, 0) is 72.9 Å². The van der Waals surface area contributed by atoms with Crippen LogP contribution in [-0.4, -0.2) is 36.6 Å². The van der Waals surface area contributed by atoms with Gasteiger partial charge >= 0.3 is 13.2 Å². The van der Waals surface area contributed by atoms with Crippen molar-refractivity contribution >= 4 is 46.4 Å². The van der Waals surface area contributed by atoms with Gasteiger partial charge in [0.15, 0.2) is 47.8 Å². The maximum Gasteiger partial charge on any atom is 0.387 e. The van der Waals surface area contributed by atoms with E-state index in [9.17, 15) is 27.8 Å². The molecule has 0 aliphatic heterocycles. The van der Waals surface area contributed by atoms with Gasteiger partial charge in [-0.25, -0.2) is 9.13 Å². The van der Waals surface area contributed by atoms with Gasteiger partial charge in [0, 0.05) is 24.0 Å². The van der Waals surface area contributed by atoms with E-state index in [1.807, 2.05) is 0 Å². The predicted molar refractivity (Wildman–Crippen MR) is 195 cm³/mol. The Morgan fingerprint density at radius 1 is 0.593 bits per heavy atom. The van der Waals surface area contributed by atoms with Crippen LogP contribution in [-0.2, 0) is 26.9 Å². The summed E-state index contributed by atoms with van der Waals surface area (Å²) in [6, 6.07) is 8.85. The first-order valence-corrected chi connectivity index (χ1v) is 18.6. The van der Waals surface area contributed by atoms with Crippen molar-refractivity contribution in [3.05, 3.63) is 104 Å². The Labute approximate surface area is 330 Å². The summed E-state index contributed by atoms with van der Waals surface area (Å²) in [6.07, 6.45) is 9.52. The summed E-state index contributed by atoms with van der Waals surface area (Å²) in [7, 11) is 3.59. The van der Waals surface area contributed by atoms with E-state index in [1.54, 1.807) is 48.0 Å². The average molecular weight is 839 g/mol. The lowest BCUT2D eigenvalue weighted by atomic mass is 10.0. The van der Waals surface area contributed by atoms with Gasteiger partial charge in [-0.2, -0.15) is 17.6 Å². The minimum Gasteiger partial charge on any atom is -0.489 e. The standard InChI is InChI=1S/2C19H20Cl2F2NO3/c2*1-24-8-14(20)13(15(21)9-24)7-16(25)12-4-5-17(27-19(22)23)18(6-12)26-10-11-2-3-11/h2*4-6,8-9,11,16,19,25H,2-3,7,10H2,1H3/q2*+1/t2*16-/m00/s1. The first-order chi connectivity index (χ1) is 25.7.